The first-order valence-electron chi connectivity index (χ1n) is 6.96. The van der Waals surface area contributed by atoms with Gasteiger partial charge in [-0.25, -0.2) is 4.98 Å². The molecule has 3 rings (SSSR count). The van der Waals surface area contributed by atoms with E-state index in [2.05, 4.69) is 11.1 Å². The van der Waals surface area contributed by atoms with E-state index in [-0.39, 0.29) is 0 Å². The summed E-state index contributed by atoms with van der Waals surface area (Å²) in [5.74, 6) is 0. The lowest BCUT2D eigenvalue weighted by Gasteiger charge is -2.02. The number of rotatable bonds is 3. The molecule has 1 heterocycles. The Labute approximate surface area is 168 Å². The Hall–Kier alpha value is -1.54. The minimum Gasteiger partial charge on any atom is -0.235 e. The van der Waals surface area contributed by atoms with Crippen LogP contribution >= 0.6 is 57.7 Å². The number of thiazole rings is 1. The van der Waals surface area contributed by atoms with Crippen molar-refractivity contribution in [3.05, 3.63) is 72.4 Å². The van der Waals surface area contributed by atoms with E-state index in [1.807, 2.05) is 5.38 Å². The van der Waals surface area contributed by atoms with Crippen molar-refractivity contribution < 1.29 is 0 Å². The van der Waals surface area contributed by atoms with Gasteiger partial charge >= 0.3 is 0 Å². The summed E-state index contributed by atoms with van der Waals surface area (Å²) >= 11 is 25.7. The number of aromatic nitrogens is 1. The molecule has 0 aliphatic carbocycles. The molecule has 7 heteroatoms. The van der Waals surface area contributed by atoms with E-state index in [9.17, 15) is 5.26 Å². The zero-order valence-corrected chi connectivity index (χ0v) is 16.3. The molecule has 1 aromatic heterocycles. The third-order valence-electron chi connectivity index (χ3n) is 3.34. The summed E-state index contributed by atoms with van der Waals surface area (Å²) in [6.07, 6.45) is 1.67. The van der Waals surface area contributed by atoms with E-state index < -0.39 is 0 Å². The van der Waals surface area contributed by atoms with Gasteiger partial charge in [-0.05, 0) is 35.9 Å². The fraction of sp³-hybridized carbons (Fsp3) is 0. The van der Waals surface area contributed by atoms with Gasteiger partial charge in [-0.2, -0.15) is 5.26 Å². The van der Waals surface area contributed by atoms with Crippen molar-refractivity contribution in [3.8, 4) is 17.3 Å². The van der Waals surface area contributed by atoms with Crippen molar-refractivity contribution in [2.75, 3.05) is 0 Å². The topological polar surface area (TPSA) is 36.7 Å². The molecule has 0 bridgehead atoms. The number of halogens is 4. The minimum absolute atomic E-state index is 0.394. The SMILES string of the molecule is N#C/C(=C\c1cccc(Cl)c1Cl)c1nc(-c2ccc(Cl)cc2Cl)cs1. The number of allylic oxidation sites excluding steroid dienone is 1. The van der Waals surface area contributed by atoms with Crippen molar-refractivity contribution in [2.24, 2.45) is 0 Å². The molecule has 0 radical (unpaired) electrons. The molecule has 0 aliphatic rings. The molecule has 0 N–H and O–H groups in total. The second-order valence-corrected chi connectivity index (χ2v) is 7.46. The molecule has 0 saturated heterocycles. The van der Waals surface area contributed by atoms with Crippen LogP contribution in [0.3, 0.4) is 0 Å². The summed E-state index contributed by atoms with van der Waals surface area (Å²) in [6, 6.07) is 12.6. The van der Waals surface area contributed by atoms with Crippen LogP contribution in [0.4, 0.5) is 0 Å². The van der Waals surface area contributed by atoms with Gasteiger partial charge in [-0.1, -0.05) is 58.5 Å². The monoisotopic (exact) mass is 424 g/mol. The molecule has 124 valence electrons. The summed E-state index contributed by atoms with van der Waals surface area (Å²) in [5, 5.41) is 13.8. The van der Waals surface area contributed by atoms with Crippen LogP contribution in [-0.2, 0) is 0 Å². The van der Waals surface area contributed by atoms with Gasteiger partial charge < -0.3 is 0 Å². The zero-order chi connectivity index (χ0) is 18.0. The Morgan fingerprint density at radius 1 is 1.08 bits per heavy atom. The lowest BCUT2D eigenvalue weighted by Crippen LogP contribution is -1.85. The number of hydrogen-bond donors (Lipinski definition) is 0. The molecule has 2 aromatic carbocycles. The molecule has 0 atom stereocenters. The van der Waals surface area contributed by atoms with Crippen LogP contribution in [0, 0.1) is 11.3 Å². The van der Waals surface area contributed by atoms with E-state index in [1.54, 1.807) is 42.5 Å². The molecule has 0 unspecified atom stereocenters. The normalized spacial score (nSPS) is 11.4. The summed E-state index contributed by atoms with van der Waals surface area (Å²) < 4.78 is 0. The quantitative estimate of drug-likeness (QED) is 0.407. The smallest absolute Gasteiger partial charge is 0.134 e. The lowest BCUT2D eigenvalue weighted by molar-refractivity contribution is 1.37. The summed E-state index contributed by atoms with van der Waals surface area (Å²) in [4.78, 5) is 4.51. The molecule has 0 amide bonds. The highest BCUT2D eigenvalue weighted by Gasteiger charge is 2.13. The van der Waals surface area contributed by atoms with Gasteiger partial charge in [-0.15, -0.1) is 11.3 Å². The van der Waals surface area contributed by atoms with Crippen molar-refractivity contribution in [1.82, 2.24) is 4.98 Å². The van der Waals surface area contributed by atoms with E-state index in [0.29, 0.717) is 41.9 Å². The first-order valence-corrected chi connectivity index (χ1v) is 9.36. The average molecular weight is 426 g/mol. The third-order valence-corrected chi connectivity index (χ3v) is 5.60. The summed E-state index contributed by atoms with van der Waals surface area (Å²) in [5.41, 5.74) is 2.49. The molecular weight excluding hydrogens is 418 g/mol. The van der Waals surface area contributed by atoms with Gasteiger partial charge in [0.15, 0.2) is 0 Å². The Morgan fingerprint density at radius 3 is 2.60 bits per heavy atom. The highest BCUT2D eigenvalue weighted by atomic mass is 35.5. The first-order chi connectivity index (χ1) is 12.0. The molecule has 2 nitrogen and oxygen atoms in total. The highest BCUT2D eigenvalue weighted by molar-refractivity contribution is 7.11. The van der Waals surface area contributed by atoms with Crippen LogP contribution in [0.15, 0.2) is 41.8 Å². The predicted octanol–water partition coefficient (Wildman–Crippen LogP) is 7.49. The minimum atomic E-state index is 0.394. The zero-order valence-electron chi connectivity index (χ0n) is 12.4. The summed E-state index contributed by atoms with van der Waals surface area (Å²) in [7, 11) is 0. The average Bonchev–Trinajstić information content (AvgIpc) is 3.05. The van der Waals surface area contributed by atoms with Gasteiger partial charge in [0.2, 0.25) is 0 Å². The lowest BCUT2D eigenvalue weighted by atomic mass is 10.1. The molecule has 3 aromatic rings. The van der Waals surface area contributed by atoms with E-state index in [0.717, 1.165) is 5.56 Å². The van der Waals surface area contributed by atoms with E-state index in [4.69, 9.17) is 46.4 Å². The van der Waals surface area contributed by atoms with E-state index >= 15 is 0 Å². The van der Waals surface area contributed by atoms with Crippen molar-refractivity contribution in [2.45, 2.75) is 0 Å². The van der Waals surface area contributed by atoms with Crippen LogP contribution in [0.25, 0.3) is 22.9 Å². The maximum atomic E-state index is 9.50. The first kappa shape index (κ1) is 18.3. The Bertz CT molecular complexity index is 1020. The number of nitrogens with zero attached hydrogens (tertiary/aromatic N) is 2. The fourth-order valence-electron chi connectivity index (χ4n) is 2.15. The van der Waals surface area contributed by atoms with E-state index in [1.165, 1.54) is 11.3 Å². The number of nitriles is 1. The standard InChI is InChI=1S/C18H8Cl4N2S/c19-12-4-5-13(15(21)7-12)16-9-25-18(24-16)11(8-23)6-10-2-1-3-14(20)17(10)22/h1-7,9H/b11-6+. The second kappa shape index (κ2) is 7.78. The maximum absolute atomic E-state index is 9.50. The van der Waals surface area contributed by atoms with Crippen LogP contribution in [0.2, 0.25) is 20.1 Å². The Kier molecular flexibility index (Phi) is 5.68. The van der Waals surface area contributed by atoms with Crippen molar-refractivity contribution in [3.63, 3.8) is 0 Å². The molecule has 25 heavy (non-hydrogen) atoms. The van der Waals surface area contributed by atoms with Gasteiger partial charge in [0.05, 0.1) is 26.3 Å². The Balaban J connectivity index is 2.01. The maximum Gasteiger partial charge on any atom is 0.134 e. The third kappa shape index (κ3) is 4.00. The molecular formula is C18H8Cl4N2S. The van der Waals surface area contributed by atoms with Gasteiger partial charge in [0.1, 0.15) is 11.1 Å². The largest absolute Gasteiger partial charge is 0.235 e. The molecule has 0 fully saturated rings. The van der Waals surface area contributed by atoms with Crippen molar-refractivity contribution >= 4 is 69.4 Å². The number of hydrogen-bond acceptors (Lipinski definition) is 3. The highest BCUT2D eigenvalue weighted by Crippen LogP contribution is 2.34. The molecule has 0 aliphatic heterocycles. The van der Waals surface area contributed by atoms with Gasteiger partial charge in [0, 0.05) is 16.0 Å². The second-order valence-electron chi connectivity index (χ2n) is 4.97. The molecule has 0 spiro atoms. The van der Waals surface area contributed by atoms with Gasteiger partial charge in [-0.3, -0.25) is 0 Å². The summed E-state index contributed by atoms with van der Waals surface area (Å²) in [6.45, 7) is 0. The van der Waals surface area contributed by atoms with Crippen LogP contribution in [0.1, 0.15) is 10.6 Å². The number of benzene rings is 2. The van der Waals surface area contributed by atoms with Crippen molar-refractivity contribution in [1.29, 1.82) is 5.26 Å². The van der Waals surface area contributed by atoms with Crippen LogP contribution in [0.5, 0.6) is 0 Å². The van der Waals surface area contributed by atoms with Gasteiger partial charge in [0.25, 0.3) is 0 Å². The molecule has 0 saturated carbocycles. The van der Waals surface area contributed by atoms with Crippen LogP contribution in [-0.4, -0.2) is 4.98 Å². The van der Waals surface area contributed by atoms with Crippen LogP contribution < -0.4 is 0 Å². The fourth-order valence-corrected chi connectivity index (χ4v) is 3.80. The predicted molar refractivity (Wildman–Crippen MR) is 108 cm³/mol. The Morgan fingerprint density at radius 2 is 1.88 bits per heavy atom.